The summed E-state index contributed by atoms with van der Waals surface area (Å²) in [5, 5.41) is 0. The maximum absolute atomic E-state index is 12.4. The van der Waals surface area contributed by atoms with Crippen molar-refractivity contribution in [1.82, 2.24) is 14.7 Å². The third-order valence-corrected chi connectivity index (χ3v) is 5.43. The molecule has 0 radical (unpaired) electrons. The third-order valence-electron chi connectivity index (χ3n) is 5.43. The van der Waals surface area contributed by atoms with Gasteiger partial charge in [-0.2, -0.15) is 0 Å². The van der Waals surface area contributed by atoms with Gasteiger partial charge in [-0.1, -0.05) is 23.8 Å². The first-order chi connectivity index (χ1) is 11.6. The molecule has 24 heavy (non-hydrogen) atoms. The lowest BCUT2D eigenvalue weighted by molar-refractivity contribution is -0.133. The minimum atomic E-state index is 0.331. The number of benzene rings is 1. The molecule has 0 unspecified atom stereocenters. The fraction of sp³-hybridized carbons (Fsp3) is 0.650. The van der Waals surface area contributed by atoms with Crippen LogP contribution in [-0.4, -0.2) is 66.4 Å². The Morgan fingerprint density at radius 3 is 2.29 bits per heavy atom. The first-order valence-corrected chi connectivity index (χ1v) is 9.40. The standard InChI is InChI=1S/C20H31N3O/c1-17-6-7-18(2)19(14-17)15-21-10-12-22(13-11-21)16-20(24)23-8-4-3-5-9-23/h6-7,14H,3-5,8-13,15-16H2,1-2H3. The van der Waals surface area contributed by atoms with Crippen molar-refractivity contribution < 1.29 is 4.79 Å². The van der Waals surface area contributed by atoms with Crippen molar-refractivity contribution in [3.63, 3.8) is 0 Å². The Morgan fingerprint density at radius 2 is 1.58 bits per heavy atom. The molecule has 0 spiro atoms. The van der Waals surface area contributed by atoms with Gasteiger partial charge in [-0.3, -0.25) is 14.6 Å². The number of nitrogens with zero attached hydrogens (tertiary/aromatic N) is 3. The lowest BCUT2D eigenvalue weighted by Crippen LogP contribution is -2.50. The van der Waals surface area contributed by atoms with E-state index in [1.165, 1.54) is 36.0 Å². The summed E-state index contributed by atoms with van der Waals surface area (Å²) in [5.74, 6) is 0.331. The van der Waals surface area contributed by atoms with Crippen LogP contribution < -0.4 is 0 Å². The van der Waals surface area contributed by atoms with Gasteiger partial charge in [0, 0.05) is 45.8 Å². The summed E-state index contributed by atoms with van der Waals surface area (Å²) in [6.07, 6.45) is 3.63. The Kier molecular flexibility index (Phi) is 5.90. The zero-order valence-electron chi connectivity index (χ0n) is 15.3. The molecule has 132 valence electrons. The quantitative estimate of drug-likeness (QED) is 0.849. The van der Waals surface area contributed by atoms with E-state index in [0.29, 0.717) is 12.5 Å². The minimum absolute atomic E-state index is 0.331. The van der Waals surface area contributed by atoms with E-state index < -0.39 is 0 Å². The molecule has 2 fully saturated rings. The number of hydrogen-bond donors (Lipinski definition) is 0. The summed E-state index contributed by atoms with van der Waals surface area (Å²) >= 11 is 0. The Balaban J connectivity index is 1.45. The van der Waals surface area contributed by atoms with E-state index in [2.05, 4.69) is 46.7 Å². The normalized spacial score (nSPS) is 20.3. The molecule has 0 bridgehead atoms. The number of hydrogen-bond acceptors (Lipinski definition) is 3. The number of likely N-dealkylation sites (tertiary alicyclic amines) is 1. The molecule has 1 aromatic carbocycles. The lowest BCUT2D eigenvalue weighted by atomic mass is 10.0. The number of rotatable bonds is 4. The number of piperidine rings is 1. The maximum atomic E-state index is 12.4. The summed E-state index contributed by atoms with van der Waals surface area (Å²) in [4.78, 5) is 19.3. The molecule has 4 nitrogen and oxygen atoms in total. The Bertz CT molecular complexity index is 558. The van der Waals surface area contributed by atoms with Crippen LogP contribution in [0.3, 0.4) is 0 Å². The van der Waals surface area contributed by atoms with Crippen molar-refractivity contribution in [3.05, 3.63) is 34.9 Å². The number of amides is 1. The highest BCUT2D eigenvalue weighted by molar-refractivity contribution is 5.78. The number of piperazine rings is 1. The van der Waals surface area contributed by atoms with Crippen LogP contribution in [0.25, 0.3) is 0 Å². The van der Waals surface area contributed by atoms with Crippen LogP contribution in [0, 0.1) is 13.8 Å². The summed E-state index contributed by atoms with van der Waals surface area (Å²) in [6.45, 7) is 12.0. The van der Waals surface area contributed by atoms with E-state index in [-0.39, 0.29) is 0 Å². The van der Waals surface area contributed by atoms with Crippen molar-refractivity contribution in [2.24, 2.45) is 0 Å². The highest BCUT2D eigenvalue weighted by Crippen LogP contribution is 2.15. The molecule has 0 atom stereocenters. The van der Waals surface area contributed by atoms with Crippen LogP contribution in [0.4, 0.5) is 0 Å². The van der Waals surface area contributed by atoms with Gasteiger partial charge in [-0.05, 0) is 44.2 Å². The Hall–Kier alpha value is -1.39. The van der Waals surface area contributed by atoms with Gasteiger partial charge in [-0.25, -0.2) is 0 Å². The number of aryl methyl sites for hydroxylation is 2. The van der Waals surface area contributed by atoms with Crippen LogP contribution in [-0.2, 0) is 11.3 Å². The predicted octanol–water partition coefficient (Wildman–Crippen LogP) is 2.43. The number of carbonyl (C=O) groups excluding carboxylic acids is 1. The van der Waals surface area contributed by atoms with E-state index in [1.807, 2.05) is 0 Å². The second kappa shape index (κ2) is 8.13. The van der Waals surface area contributed by atoms with Crippen LogP contribution in [0.5, 0.6) is 0 Å². The second-order valence-electron chi connectivity index (χ2n) is 7.42. The Labute approximate surface area is 146 Å². The van der Waals surface area contributed by atoms with Gasteiger partial charge in [0.2, 0.25) is 5.91 Å². The fourth-order valence-corrected chi connectivity index (χ4v) is 3.75. The van der Waals surface area contributed by atoms with Crippen molar-refractivity contribution in [2.45, 2.75) is 39.7 Å². The molecule has 0 saturated carbocycles. The highest BCUT2D eigenvalue weighted by atomic mass is 16.2. The van der Waals surface area contributed by atoms with Gasteiger partial charge < -0.3 is 4.90 Å². The average molecular weight is 329 g/mol. The SMILES string of the molecule is Cc1ccc(C)c(CN2CCN(CC(=O)N3CCCCC3)CC2)c1. The smallest absolute Gasteiger partial charge is 0.236 e. The van der Waals surface area contributed by atoms with E-state index in [4.69, 9.17) is 0 Å². The first-order valence-electron chi connectivity index (χ1n) is 9.40. The molecular formula is C20H31N3O. The predicted molar refractivity (Wildman–Crippen MR) is 98.1 cm³/mol. The van der Waals surface area contributed by atoms with Crippen molar-refractivity contribution in [1.29, 1.82) is 0 Å². The summed E-state index contributed by atoms with van der Waals surface area (Å²) in [7, 11) is 0. The average Bonchev–Trinajstić information content (AvgIpc) is 2.60. The molecule has 2 heterocycles. The zero-order valence-corrected chi connectivity index (χ0v) is 15.3. The summed E-state index contributed by atoms with van der Waals surface area (Å²) in [5.41, 5.74) is 4.15. The minimum Gasteiger partial charge on any atom is -0.342 e. The highest BCUT2D eigenvalue weighted by Gasteiger charge is 2.22. The molecule has 2 aliphatic rings. The van der Waals surface area contributed by atoms with E-state index in [0.717, 1.165) is 45.8 Å². The third kappa shape index (κ3) is 4.58. The van der Waals surface area contributed by atoms with Crippen LogP contribution >= 0.6 is 0 Å². The maximum Gasteiger partial charge on any atom is 0.236 e. The molecule has 2 aliphatic heterocycles. The molecule has 4 heteroatoms. The van der Waals surface area contributed by atoms with Crippen LogP contribution in [0.2, 0.25) is 0 Å². The summed E-state index contributed by atoms with van der Waals surface area (Å²) in [6, 6.07) is 6.71. The molecule has 1 amide bonds. The molecule has 0 N–H and O–H groups in total. The zero-order chi connectivity index (χ0) is 16.9. The van der Waals surface area contributed by atoms with Gasteiger partial charge in [0.15, 0.2) is 0 Å². The largest absolute Gasteiger partial charge is 0.342 e. The van der Waals surface area contributed by atoms with Crippen molar-refractivity contribution in [3.8, 4) is 0 Å². The van der Waals surface area contributed by atoms with Gasteiger partial charge in [0.05, 0.1) is 6.54 Å². The molecule has 1 aromatic rings. The van der Waals surface area contributed by atoms with Gasteiger partial charge in [0.25, 0.3) is 0 Å². The first kappa shape index (κ1) is 17.4. The monoisotopic (exact) mass is 329 g/mol. The molecule has 0 aliphatic carbocycles. The fourth-order valence-electron chi connectivity index (χ4n) is 3.75. The van der Waals surface area contributed by atoms with E-state index in [9.17, 15) is 4.79 Å². The summed E-state index contributed by atoms with van der Waals surface area (Å²) < 4.78 is 0. The Morgan fingerprint density at radius 1 is 0.917 bits per heavy atom. The molecule has 2 saturated heterocycles. The van der Waals surface area contributed by atoms with Crippen LogP contribution in [0.15, 0.2) is 18.2 Å². The van der Waals surface area contributed by atoms with Crippen molar-refractivity contribution >= 4 is 5.91 Å². The van der Waals surface area contributed by atoms with Crippen molar-refractivity contribution in [2.75, 3.05) is 45.8 Å². The second-order valence-corrected chi connectivity index (χ2v) is 7.42. The van der Waals surface area contributed by atoms with Gasteiger partial charge in [-0.15, -0.1) is 0 Å². The topological polar surface area (TPSA) is 26.8 Å². The molecule has 3 rings (SSSR count). The van der Waals surface area contributed by atoms with E-state index in [1.54, 1.807) is 0 Å². The van der Waals surface area contributed by atoms with E-state index >= 15 is 0 Å². The van der Waals surface area contributed by atoms with Crippen LogP contribution in [0.1, 0.15) is 36.0 Å². The van der Waals surface area contributed by atoms with Gasteiger partial charge in [0.1, 0.15) is 0 Å². The molecular weight excluding hydrogens is 298 g/mol. The lowest BCUT2D eigenvalue weighted by Gasteiger charge is -2.36. The van der Waals surface area contributed by atoms with Gasteiger partial charge >= 0.3 is 0 Å². The molecule has 0 aromatic heterocycles. The number of carbonyl (C=O) groups is 1.